The lowest BCUT2D eigenvalue weighted by molar-refractivity contribution is 0.476. The fourth-order valence-electron chi connectivity index (χ4n) is 9.60. The molecule has 21 heteroatoms. The molecule has 6 aromatic heterocycles. The van der Waals surface area contributed by atoms with Gasteiger partial charge < -0.3 is 15.5 Å². The first-order valence-electron chi connectivity index (χ1n) is 23.7. The summed E-state index contributed by atoms with van der Waals surface area (Å²) < 4.78 is 8.84. The van der Waals surface area contributed by atoms with E-state index in [1.807, 2.05) is 66.9 Å². The molecule has 0 saturated carbocycles. The molecule has 3 atom stereocenters. The van der Waals surface area contributed by atoms with Gasteiger partial charge in [-0.25, -0.2) is 29.5 Å². The van der Waals surface area contributed by atoms with Crippen LogP contribution in [-0.4, -0.2) is 95.6 Å². The highest BCUT2D eigenvalue weighted by Crippen LogP contribution is 2.25. The number of rotatable bonds is 9. The molecule has 0 spiro atoms. The maximum Gasteiger partial charge on any atom is 0.332 e. The van der Waals surface area contributed by atoms with E-state index in [0.717, 1.165) is 78.5 Å². The fraction of sp³-hybridized carbons (Fsp3) is 0.400. The van der Waals surface area contributed by atoms with Crippen LogP contribution < -0.4 is 43.1 Å². The van der Waals surface area contributed by atoms with E-state index in [-0.39, 0.29) is 25.7 Å². The number of hydrogen-bond acceptors (Lipinski definition) is 14. The molecule has 2 aliphatic rings. The van der Waals surface area contributed by atoms with Crippen LogP contribution in [0.3, 0.4) is 0 Å². The number of nitrogens with two attached hydrogens (primary N) is 1. The molecule has 0 aliphatic carbocycles. The summed E-state index contributed by atoms with van der Waals surface area (Å²) in [5.41, 5.74) is 8.95. The summed E-state index contributed by atoms with van der Waals surface area (Å²) in [6.45, 7) is 10.8. The predicted octanol–water partition coefficient (Wildman–Crippen LogP) is 2.72. The summed E-state index contributed by atoms with van der Waals surface area (Å²) in [5.74, 6) is 14.0. The van der Waals surface area contributed by atoms with Crippen molar-refractivity contribution in [2.24, 2.45) is 19.8 Å². The number of nitrogens with zero attached hydrogens (tertiary/aromatic N) is 14. The van der Waals surface area contributed by atoms with Crippen molar-refractivity contribution in [3.63, 3.8) is 0 Å². The minimum atomic E-state index is -0.468. The molecule has 71 heavy (non-hydrogen) atoms. The van der Waals surface area contributed by atoms with Crippen LogP contribution in [0.5, 0.6) is 0 Å². The van der Waals surface area contributed by atoms with Gasteiger partial charge in [-0.2, -0.15) is 9.97 Å². The second-order valence-electron chi connectivity index (χ2n) is 17.9. The summed E-state index contributed by atoms with van der Waals surface area (Å²) in [5, 5.41) is 5.14. The lowest BCUT2D eigenvalue weighted by Crippen LogP contribution is -2.44. The average molecular weight is 977 g/mol. The summed E-state index contributed by atoms with van der Waals surface area (Å²) in [7, 11) is 5.85. The number of fused-ring (bicyclic) bond motifs is 4. The van der Waals surface area contributed by atoms with E-state index in [0.29, 0.717) is 65.0 Å². The van der Waals surface area contributed by atoms with Crippen LogP contribution in [0.25, 0.3) is 44.1 Å². The Bertz CT molecular complexity index is 3750. The number of imidazole rings is 2. The third-order valence-corrected chi connectivity index (χ3v) is 13.7. The molecule has 8 heterocycles. The van der Waals surface area contributed by atoms with Crippen molar-refractivity contribution in [1.82, 2.24) is 62.4 Å². The van der Waals surface area contributed by atoms with Crippen molar-refractivity contribution in [2.45, 2.75) is 91.6 Å². The minimum Gasteiger partial charge on any atom is -0.341 e. The van der Waals surface area contributed by atoms with Gasteiger partial charge in [0.05, 0.1) is 37.2 Å². The Morgan fingerprint density at radius 1 is 0.634 bits per heavy atom. The number of piperidine rings is 2. The Labute approximate surface area is 410 Å². The largest absolute Gasteiger partial charge is 0.341 e. The summed E-state index contributed by atoms with van der Waals surface area (Å²) in [4.78, 5) is 86.3. The molecule has 8 aromatic rings. The van der Waals surface area contributed by atoms with Crippen molar-refractivity contribution in [3.05, 3.63) is 113 Å². The molecule has 2 aliphatic heterocycles. The molecule has 366 valence electrons. The van der Waals surface area contributed by atoms with Gasteiger partial charge in [-0.3, -0.25) is 42.1 Å². The van der Waals surface area contributed by atoms with E-state index in [9.17, 15) is 19.2 Å². The topological polar surface area (TPSA) is 220 Å². The number of anilines is 2. The maximum absolute atomic E-state index is 13.8. The van der Waals surface area contributed by atoms with Crippen molar-refractivity contribution in [3.8, 4) is 23.7 Å². The Kier molecular flexibility index (Phi) is 14.0. The second-order valence-corrected chi connectivity index (χ2v) is 18.3. The Morgan fingerprint density at radius 3 is 1.54 bits per heavy atom. The average Bonchev–Trinajstić information content (AvgIpc) is 3.96. The molecular weight excluding hydrogens is 920 g/mol. The van der Waals surface area contributed by atoms with Crippen LogP contribution in [0.15, 0.2) is 67.7 Å². The molecule has 0 amide bonds. The third kappa shape index (κ3) is 9.34. The number of para-hydroxylation sites is 2. The van der Waals surface area contributed by atoms with Crippen LogP contribution in [0.1, 0.15) is 62.6 Å². The quantitative estimate of drug-likeness (QED) is 0.157. The first-order chi connectivity index (χ1) is 34.3. The highest BCUT2D eigenvalue weighted by Gasteiger charge is 2.29. The van der Waals surface area contributed by atoms with Crippen molar-refractivity contribution >= 4 is 65.4 Å². The zero-order chi connectivity index (χ0) is 50.1. The van der Waals surface area contributed by atoms with E-state index in [1.54, 1.807) is 32.5 Å². The van der Waals surface area contributed by atoms with Gasteiger partial charge in [0.1, 0.15) is 11.6 Å². The number of aromatic nitrogens is 12. The third-order valence-electron chi connectivity index (χ3n) is 13.2. The SMILES string of the molecule is CC#CCn1c(N2CCC[C@@H](N)C2)nc2c1c(=O)n(Cc1nc(C)c3ccccc3n1)c(=O)n2C.CC#CCn1c(N2CCC[C@@H](NP)C2)nc2c1c(=O)n(Cc1nc(C)c3ccccc3n1)c(=O)n2C. The van der Waals surface area contributed by atoms with Crippen LogP contribution in [-0.2, 0) is 40.3 Å². The van der Waals surface area contributed by atoms with Gasteiger partial charge in [0.15, 0.2) is 22.3 Å². The van der Waals surface area contributed by atoms with Crippen molar-refractivity contribution < 1.29 is 0 Å². The van der Waals surface area contributed by atoms with Gasteiger partial charge >= 0.3 is 11.4 Å². The van der Waals surface area contributed by atoms with Crippen LogP contribution >= 0.6 is 9.39 Å². The molecule has 2 aromatic carbocycles. The number of hydrogen-bond donors (Lipinski definition) is 2. The van der Waals surface area contributed by atoms with Crippen molar-refractivity contribution in [1.29, 1.82) is 0 Å². The molecule has 3 N–H and O–H groups in total. The first-order valence-corrected chi connectivity index (χ1v) is 24.2. The van der Waals surface area contributed by atoms with E-state index in [4.69, 9.17) is 15.7 Å². The van der Waals surface area contributed by atoms with Crippen molar-refractivity contribution in [2.75, 3.05) is 36.0 Å². The normalized spacial score (nSPS) is 15.9. The van der Waals surface area contributed by atoms with Crippen LogP contribution in [0.4, 0.5) is 11.9 Å². The highest BCUT2D eigenvalue weighted by molar-refractivity contribution is 7.13. The standard InChI is InChI=1S/C25H29N8O2P.C25H28N8O2/c1-4-5-13-32-21-22(28-24(32)31-12-8-9-17(14-31)29-36)30(3)25(35)33(23(21)34)15-20-26-16(2)18-10-6-7-11-19(18)27-20;1-4-5-13-32-21-22(29-24(32)31-12-8-9-17(26)14-31)30(3)25(35)33(23(21)34)15-20-27-16(2)18-10-6-7-11-19(18)28-20/h6-7,10-11,17,29H,8-9,12-15,36H2,1-3H3;6-7,10-11,17H,8-9,12-15,26H2,1-3H3/t2*17-/m11/s1. The molecule has 1 unspecified atom stereocenters. The zero-order valence-electron chi connectivity index (χ0n) is 40.8. The van der Waals surface area contributed by atoms with Gasteiger partial charge in [0.2, 0.25) is 11.9 Å². The Hall–Kier alpha value is -7.51. The lowest BCUT2D eigenvalue weighted by atomic mass is 10.1. The predicted molar refractivity (Wildman–Crippen MR) is 280 cm³/mol. The molecule has 2 saturated heterocycles. The summed E-state index contributed by atoms with van der Waals surface area (Å²) in [6, 6.07) is 15.7. The van der Waals surface area contributed by atoms with Gasteiger partial charge in [-0.1, -0.05) is 57.6 Å². The highest BCUT2D eigenvalue weighted by atomic mass is 31.0. The van der Waals surface area contributed by atoms with Crippen LogP contribution in [0.2, 0.25) is 0 Å². The maximum atomic E-state index is 13.8. The molecule has 20 nitrogen and oxygen atoms in total. The molecule has 0 radical (unpaired) electrons. The van der Waals surface area contributed by atoms with E-state index >= 15 is 0 Å². The number of aryl methyl sites for hydroxylation is 4. The molecule has 2 fully saturated rings. The zero-order valence-corrected chi connectivity index (χ0v) is 42.0. The fourth-order valence-corrected chi connectivity index (χ4v) is 9.87. The van der Waals surface area contributed by atoms with Gasteiger partial charge in [0.25, 0.3) is 11.1 Å². The Balaban J connectivity index is 0.000000176. The van der Waals surface area contributed by atoms with Crippen LogP contribution in [0, 0.1) is 37.5 Å². The minimum absolute atomic E-state index is 0.0306. The number of nitrogens with one attached hydrogen (secondary N) is 1. The Morgan fingerprint density at radius 2 is 1.08 bits per heavy atom. The molecular formula is C50H57N16O4P. The van der Waals surface area contributed by atoms with E-state index in [1.165, 1.54) is 18.3 Å². The smallest absolute Gasteiger partial charge is 0.332 e. The molecule has 10 rings (SSSR count). The van der Waals surface area contributed by atoms with Gasteiger partial charge in [-0.05, 0) is 65.5 Å². The second kappa shape index (κ2) is 20.4. The lowest BCUT2D eigenvalue weighted by Gasteiger charge is -2.33. The first kappa shape index (κ1) is 48.5. The van der Waals surface area contributed by atoms with Gasteiger partial charge in [0, 0.05) is 74.5 Å². The van der Waals surface area contributed by atoms with E-state index in [2.05, 4.69) is 67.9 Å². The van der Waals surface area contributed by atoms with E-state index < -0.39 is 22.5 Å². The molecule has 0 bridgehead atoms. The van der Waals surface area contributed by atoms with Gasteiger partial charge in [-0.15, -0.1) is 11.8 Å². The summed E-state index contributed by atoms with van der Waals surface area (Å²) >= 11 is 0. The summed E-state index contributed by atoms with van der Waals surface area (Å²) in [6.07, 6.45) is 3.94. The monoisotopic (exact) mass is 976 g/mol. The number of benzene rings is 2.